The second kappa shape index (κ2) is 9.25. The Morgan fingerprint density at radius 2 is 1.50 bits per heavy atom. The summed E-state index contributed by atoms with van der Waals surface area (Å²) < 4.78 is 0. The van der Waals surface area contributed by atoms with Gasteiger partial charge in [-0.1, -0.05) is 46.0 Å². The van der Waals surface area contributed by atoms with Crippen molar-refractivity contribution in [1.29, 1.82) is 0 Å². The van der Waals surface area contributed by atoms with E-state index in [1.807, 2.05) is 0 Å². The molecule has 0 N–H and O–H groups in total. The maximum absolute atomic E-state index is 4.68. The van der Waals surface area contributed by atoms with Crippen molar-refractivity contribution in [3.8, 4) is 0 Å². The molecule has 0 aromatic rings. The average molecular weight is 272 g/mol. The smallest absolute Gasteiger partial charge is 0.00458 e. The van der Waals surface area contributed by atoms with Crippen LogP contribution in [-0.2, 0) is 0 Å². The van der Waals surface area contributed by atoms with E-state index in [2.05, 4.69) is 31.4 Å². The van der Waals surface area contributed by atoms with Crippen LogP contribution in [0, 0.1) is 5.41 Å². The summed E-state index contributed by atoms with van der Waals surface area (Å²) >= 11 is 4.68. The molecule has 1 aliphatic rings. The standard InChI is InChI=1S/C16H33NS/c1-3-5-12-17(13-6-4-2)14-16(15-18)10-8-7-9-11-16/h18H,3-15H2,1-2H3. The van der Waals surface area contributed by atoms with Crippen LogP contribution in [0.4, 0.5) is 0 Å². The quantitative estimate of drug-likeness (QED) is 0.591. The zero-order chi connectivity index (χ0) is 13.3. The van der Waals surface area contributed by atoms with Crippen LogP contribution < -0.4 is 0 Å². The molecular formula is C16H33NS. The van der Waals surface area contributed by atoms with E-state index >= 15 is 0 Å². The highest BCUT2D eigenvalue weighted by molar-refractivity contribution is 7.80. The lowest BCUT2D eigenvalue weighted by Crippen LogP contribution is -2.41. The molecule has 1 saturated carbocycles. The van der Waals surface area contributed by atoms with E-state index in [9.17, 15) is 0 Å². The van der Waals surface area contributed by atoms with Crippen LogP contribution in [0.3, 0.4) is 0 Å². The molecule has 0 unspecified atom stereocenters. The summed E-state index contributed by atoms with van der Waals surface area (Å²) in [4.78, 5) is 2.73. The van der Waals surface area contributed by atoms with Crippen LogP contribution in [0.2, 0.25) is 0 Å². The van der Waals surface area contributed by atoms with Crippen molar-refractivity contribution in [1.82, 2.24) is 4.90 Å². The van der Waals surface area contributed by atoms with Crippen molar-refractivity contribution in [3.63, 3.8) is 0 Å². The topological polar surface area (TPSA) is 3.24 Å². The highest BCUT2D eigenvalue weighted by Gasteiger charge is 2.32. The van der Waals surface area contributed by atoms with Gasteiger partial charge in [0, 0.05) is 6.54 Å². The van der Waals surface area contributed by atoms with Gasteiger partial charge in [0.15, 0.2) is 0 Å². The SMILES string of the molecule is CCCCN(CCCC)CC1(CS)CCCCC1. The normalized spacial score (nSPS) is 19.3. The van der Waals surface area contributed by atoms with E-state index in [1.165, 1.54) is 77.4 Å². The van der Waals surface area contributed by atoms with Crippen molar-refractivity contribution in [2.45, 2.75) is 71.6 Å². The third kappa shape index (κ3) is 5.52. The predicted molar refractivity (Wildman–Crippen MR) is 85.6 cm³/mol. The molecule has 1 fully saturated rings. The van der Waals surface area contributed by atoms with E-state index in [4.69, 9.17) is 0 Å². The van der Waals surface area contributed by atoms with E-state index in [0.717, 1.165) is 5.75 Å². The maximum atomic E-state index is 4.68. The molecule has 0 aliphatic heterocycles. The average Bonchev–Trinajstić information content (AvgIpc) is 2.43. The van der Waals surface area contributed by atoms with Gasteiger partial charge in [0.1, 0.15) is 0 Å². The summed E-state index contributed by atoms with van der Waals surface area (Å²) in [6.07, 6.45) is 12.5. The van der Waals surface area contributed by atoms with Crippen LogP contribution in [-0.4, -0.2) is 30.3 Å². The molecule has 0 aromatic carbocycles. The molecule has 1 aliphatic carbocycles. The fourth-order valence-electron chi connectivity index (χ4n) is 3.18. The lowest BCUT2D eigenvalue weighted by Gasteiger charge is -2.40. The molecule has 108 valence electrons. The van der Waals surface area contributed by atoms with Crippen molar-refractivity contribution < 1.29 is 0 Å². The Morgan fingerprint density at radius 1 is 0.944 bits per heavy atom. The number of unbranched alkanes of at least 4 members (excludes halogenated alkanes) is 2. The molecule has 1 nitrogen and oxygen atoms in total. The van der Waals surface area contributed by atoms with Crippen LogP contribution in [0.15, 0.2) is 0 Å². The van der Waals surface area contributed by atoms with Crippen LogP contribution in [0.25, 0.3) is 0 Å². The highest BCUT2D eigenvalue weighted by Crippen LogP contribution is 2.38. The summed E-state index contributed by atoms with van der Waals surface area (Å²) in [5, 5.41) is 0. The summed E-state index contributed by atoms with van der Waals surface area (Å²) in [6.45, 7) is 8.49. The van der Waals surface area contributed by atoms with Gasteiger partial charge in [0.2, 0.25) is 0 Å². The van der Waals surface area contributed by atoms with E-state index in [-0.39, 0.29) is 0 Å². The highest BCUT2D eigenvalue weighted by atomic mass is 32.1. The predicted octanol–water partition coefficient (Wildman–Crippen LogP) is 4.77. The summed E-state index contributed by atoms with van der Waals surface area (Å²) in [6, 6.07) is 0. The molecule has 18 heavy (non-hydrogen) atoms. The molecule has 0 atom stereocenters. The Kier molecular flexibility index (Phi) is 8.41. The van der Waals surface area contributed by atoms with Crippen LogP contribution >= 0.6 is 12.6 Å². The summed E-state index contributed by atoms with van der Waals surface area (Å²) in [5.74, 6) is 1.09. The first-order chi connectivity index (χ1) is 8.76. The second-order valence-electron chi connectivity index (χ2n) is 6.20. The van der Waals surface area contributed by atoms with Gasteiger partial charge >= 0.3 is 0 Å². The zero-order valence-electron chi connectivity index (χ0n) is 12.6. The van der Waals surface area contributed by atoms with Gasteiger partial charge in [-0.2, -0.15) is 12.6 Å². The van der Waals surface area contributed by atoms with Crippen LogP contribution in [0.1, 0.15) is 71.6 Å². The van der Waals surface area contributed by atoms with Crippen LogP contribution in [0.5, 0.6) is 0 Å². The number of rotatable bonds is 9. The lowest BCUT2D eigenvalue weighted by molar-refractivity contribution is 0.123. The minimum Gasteiger partial charge on any atom is -0.303 e. The molecule has 1 rings (SSSR count). The first-order valence-corrected chi connectivity index (χ1v) is 8.73. The first kappa shape index (κ1) is 16.4. The minimum atomic E-state index is 0.531. The van der Waals surface area contributed by atoms with E-state index in [1.54, 1.807) is 0 Å². The van der Waals surface area contributed by atoms with Gasteiger partial charge in [-0.05, 0) is 49.9 Å². The number of hydrogen-bond donors (Lipinski definition) is 1. The number of thiol groups is 1. The van der Waals surface area contributed by atoms with Gasteiger partial charge in [-0.3, -0.25) is 0 Å². The van der Waals surface area contributed by atoms with Gasteiger partial charge < -0.3 is 4.90 Å². The van der Waals surface area contributed by atoms with Gasteiger partial charge in [-0.25, -0.2) is 0 Å². The van der Waals surface area contributed by atoms with Crippen molar-refractivity contribution >= 4 is 12.6 Å². The molecule has 0 spiro atoms. The Hall–Kier alpha value is 0.310. The zero-order valence-corrected chi connectivity index (χ0v) is 13.5. The van der Waals surface area contributed by atoms with Gasteiger partial charge in [-0.15, -0.1) is 0 Å². The van der Waals surface area contributed by atoms with E-state index in [0.29, 0.717) is 5.41 Å². The van der Waals surface area contributed by atoms with Crippen molar-refractivity contribution in [3.05, 3.63) is 0 Å². The van der Waals surface area contributed by atoms with Gasteiger partial charge in [0.25, 0.3) is 0 Å². The Balaban J connectivity index is 2.49. The Morgan fingerprint density at radius 3 is 1.94 bits per heavy atom. The third-order valence-corrected chi connectivity index (χ3v) is 5.14. The summed E-state index contributed by atoms with van der Waals surface area (Å²) in [5.41, 5.74) is 0.531. The largest absolute Gasteiger partial charge is 0.303 e. The molecule has 0 aromatic heterocycles. The molecule has 0 amide bonds. The Bertz CT molecular complexity index is 191. The maximum Gasteiger partial charge on any atom is 0.00458 e. The number of hydrogen-bond acceptors (Lipinski definition) is 2. The van der Waals surface area contributed by atoms with Gasteiger partial charge in [0.05, 0.1) is 0 Å². The molecule has 0 bridgehead atoms. The monoisotopic (exact) mass is 271 g/mol. The molecule has 0 radical (unpaired) electrons. The van der Waals surface area contributed by atoms with E-state index < -0.39 is 0 Å². The second-order valence-corrected chi connectivity index (χ2v) is 6.52. The van der Waals surface area contributed by atoms with Crippen molar-refractivity contribution in [2.75, 3.05) is 25.4 Å². The molecule has 0 saturated heterocycles. The Labute approximate surface area is 120 Å². The first-order valence-electron chi connectivity index (χ1n) is 8.09. The van der Waals surface area contributed by atoms with Crippen molar-refractivity contribution in [2.24, 2.45) is 5.41 Å². The third-order valence-electron chi connectivity index (χ3n) is 4.46. The fraction of sp³-hybridized carbons (Fsp3) is 1.00. The molecule has 0 heterocycles. The number of nitrogens with zero attached hydrogens (tertiary/aromatic N) is 1. The molecular weight excluding hydrogens is 238 g/mol. The lowest BCUT2D eigenvalue weighted by atomic mass is 9.75. The molecule has 2 heteroatoms. The fourth-order valence-corrected chi connectivity index (χ4v) is 3.59. The summed E-state index contributed by atoms with van der Waals surface area (Å²) in [7, 11) is 0. The minimum absolute atomic E-state index is 0.531.